The summed E-state index contributed by atoms with van der Waals surface area (Å²) >= 11 is 10.9. The Kier molecular flexibility index (Phi) is 8.96. The normalized spacial score (nSPS) is 14.8. The Bertz CT molecular complexity index is 1880. The molecule has 1 aromatic heterocycles. The van der Waals surface area contributed by atoms with E-state index in [9.17, 15) is 14.0 Å². The van der Waals surface area contributed by atoms with Crippen LogP contribution in [0.1, 0.15) is 36.6 Å². The molecule has 3 aromatic carbocycles. The first-order valence-corrected chi connectivity index (χ1v) is 14.9. The quantitative estimate of drug-likeness (QED) is 0.217. The Balaban J connectivity index is 1.57. The van der Waals surface area contributed by atoms with Crippen molar-refractivity contribution in [1.82, 2.24) is 4.57 Å². The second-order valence-electron chi connectivity index (χ2n) is 9.31. The van der Waals surface area contributed by atoms with Gasteiger partial charge in [-0.25, -0.2) is 14.2 Å². The van der Waals surface area contributed by atoms with Gasteiger partial charge in [0.1, 0.15) is 12.4 Å². The average molecular weight is 672 g/mol. The Morgan fingerprint density at radius 2 is 1.95 bits per heavy atom. The largest absolute Gasteiger partial charge is 0.493 e. The number of hydrogen-bond donors (Lipinski definition) is 0. The van der Waals surface area contributed by atoms with Gasteiger partial charge in [0.2, 0.25) is 0 Å². The molecular formula is C31H25BrClFN2O5S. The van der Waals surface area contributed by atoms with Gasteiger partial charge in [-0.3, -0.25) is 9.36 Å². The first-order chi connectivity index (χ1) is 20.2. The predicted octanol–water partition coefficient (Wildman–Crippen LogP) is 5.94. The van der Waals surface area contributed by atoms with Crippen LogP contribution in [0.5, 0.6) is 11.5 Å². The number of fused-ring (bicyclic) bond motifs is 1. The molecule has 1 aliphatic rings. The molecule has 42 heavy (non-hydrogen) atoms. The average Bonchev–Trinajstić information content (AvgIpc) is 3.26. The number of nitrogens with zero attached hydrogens (tertiary/aromatic N) is 2. The third kappa shape index (κ3) is 6.06. The van der Waals surface area contributed by atoms with Gasteiger partial charge < -0.3 is 14.2 Å². The number of methoxy groups -OCH3 is 1. The molecule has 7 nitrogen and oxygen atoms in total. The molecule has 0 saturated carbocycles. The van der Waals surface area contributed by atoms with E-state index in [-0.39, 0.29) is 24.3 Å². The molecule has 216 valence electrons. The molecule has 5 rings (SSSR count). The molecule has 0 aliphatic carbocycles. The Labute approximate surface area is 258 Å². The summed E-state index contributed by atoms with van der Waals surface area (Å²) in [4.78, 5) is 31.8. The second kappa shape index (κ2) is 12.6. The highest BCUT2D eigenvalue weighted by Crippen LogP contribution is 2.37. The van der Waals surface area contributed by atoms with Crippen LogP contribution >= 0.6 is 38.9 Å². The van der Waals surface area contributed by atoms with Crippen molar-refractivity contribution in [3.05, 3.63) is 124 Å². The highest BCUT2D eigenvalue weighted by molar-refractivity contribution is 9.10. The van der Waals surface area contributed by atoms with Gasteiger partial charge in [-0.2, -0.15) is 0 Å². The number of ether oxygens (including phenoxy) is 3. The van der Waals surface area contributed by atoms with Crippen molar-refractivity contribution in [3.8, 4) is 11.5 Å². The topological polar surface area (TPSA) is 79.1 Å². The fourth-order valence-electron chi connectivity index (χ4n) is 4.65. The summed E-state index contributed by atoms with van der Waals surface area (Å²) in [7, 11) is 1.54. The van der Waals surface area contributed by atoms with Gasteiger partial charge in [0.05, 0.1) is 40.0 Å². The number of aromatic nitrogens is 1. The van der Waals surface area contributed by atoms with Crippen molar-refractivity contribution >= 4 is 50.9 Å². The van der Waals surface area contributed by atoms with Crippen LogP contribution in [0.3, 0.4) is 0 Å². The molecule has 4 aromatic rings. The van der Waals surface area contributed by atoms with Crippen LogP contribution in [0, 0.1) is 5.82 Å². The monoisotopic (exact) mass is 670 g/mol. The fourth-order valence-corrected chi connectivity index (χ4v) is 6.48. The standard InChI is InChI=1S/C31H25BrClFN2O5S/c1-4-40-30(38)26-17(2)35-31-36(27(26)20-8-10-22(34)11-9-20)29(37)25(42-31)15-19-13-23(32)28(24(14-19)39-3)41-16-18-6-5-7-21(33)12-18/h5-15,27H,4,16H2,1-3H3/b25-15-/t27-/m1/s1. The van der Waals surface area contributed by atoms with Crippen molar-refractivity contribution in [2.45, 2.75) is 26.5 Å². The maximum Gasteiger partial charge on any atom is 0.338 e. The van der Waals surface area contributed by atoms with E-state index in [0.717, 1.165) is 5.56 Å². The summed E-state index contributed by atoms with van der Waals surface area (Å²) < 4.78 is 33.2. The van der Waals surface area contributed by atoms with Crippen LogP contribution in [0.2, 0.25) is 5.02 Å². The minimum atomic E-state index is -0.827. The Morgan fingerprint density at radius 3 is 2.64 bits per heavy atom. The molecule has 0 saturated heterocycles. The number of halogens is 3. The van der Waals surface area contributed by atoms with Crippen molar-refractivity contribution in [2.24, 2.45) is 4.99 Å². The first-order valence-electron chi connectivity index (χ1n) is 12.9. The molecular weight excluding hydrogens is 647 g/mol. The molecule has 1 aliphatic heterocycles. The summed E-state index contributed by atoms with van der Waals surface area (Å²) in [5.41, 5.74) is 2.45. The third-order valence-corrected chi connectivity index (χ3v) is 8.33. The zero-order chi connectivity index (χ0) is 30.0. The first kappa shape index (κ1) is 29.8. The van der Waals surface area contributed by atoms with Crippen LogP contribution in [0.4, 0.5) is 4.39 Å². The summed E-state index contributed by atoms with van der Waals surface area (Å²) in [5, 5.41) is 0.616. The summed E-state index contributed by atoms with van der Waals surface area (Å²) in [6.07, 6.45) is 1.73. The lowest BCUT2D eigenvalue weighted by Crippen LogP contribution is -2.39. The third-order valence-electron chi connectivity index (χ3n) is 6.52. The molecule has 0 radical (unpaired) electrons. The van der Waals surface area contributed by atoms with Gasteiger partial charge in [-0.1, -0.05) is 47.2 Å². The molecule has 0 N–H and O–H groups in total. The zero-order valence-electron chi connectivity index (χ0n) is 22.8. The molecule has 1 atom stereocenters. The SMILES string of the molecule is CCOC(=O)C1=C(C)N=c2s/c(=C\c3cc(Br)c(OCc4cccc(Cl)c4)c(OC)c3)c(=O)n2[C@@H]1c1ccc(F)cc1. The van der Waals surface area contributed by atoms with Crippen LogP contribution in [0.15, 0.2) is 86.2 Å². The lowest BCUT2D eigenvalue weighted by atomic mass is 9.96. The van der Waals surface area contributed by atoms with Crippen molar-refractivity contribution < 1.29 is 23.4 Å². The lowest BCUT2D eigenvalue weighted by molar-refractivity contribution is -0.139. The Hall–Kier alpha value is -3.73. The summed E-state index contributed by atoms with van der Waals surface area (Å²) in [6.45, 7) is 3.84. The molecule has 2 heterocycles. The van der Waals surface area contributed by atoms with Gasteiger partial charge in [0.25, 0.3) is 5.56 Å². The van der Waals surface area contributed by atoms with E-state index in [0.29, 0.717) is 47.2 Å². The number of allylic oxidation sites excluding steroid dienone is 1. The minimum Gasteiger partial charge on any atom is -0.493 e. The van der Waals surface area contributed by atoms with E-state index >= 15 is 0 Å². The van der Waals surface area contributed by atoms with Crippen molar-refractivity contribution in [3.63, 3.8) is 0 Å². The van der Waals surface area contributed by atoms with Gasteiger partial charge >= 0.3 is 5.97 Å². The number of hydrogen-bond acceptors (Lipinski definition) is 7. The van der Waals surface area contributed by atoms with Gasteiger partial charge in [-0.05, 0) is 88.9 Å². The number of carbonyl (C=O) groups excluding carboxylic acids is 1. The van der Waals surface area contributed by atoms with E-state index in [2.05, 4.69) is 20.9 Å². The minimum absolute atomic E-state index is 0.158. The van der Waals surface area contributed by atoms with Gasteiger partial charge in [0.15, 0.2) is 16.3 Å². The predicted molar refractivity (Wildman–Crippen MR) is 163 cm³/mol. The number of rotatable bonds is 8. The van der Waals surface area contributed by atoms with Gasteiger partial charge in [-0.15, -0.1) is 0 Å². The van der Waals surface area contributed by atoms with E-state index in [4.69, 9.17) is 25.8 Å². The van der Waals surface area contributed by atoms with Crippen LogP contribution in [0.25, 0.3) is 6.08 Å². The second-order valence-corrected chi connectivity index (χ2v) is 11.6. The maximum absolute atomic E-state index is 13.8. The fraction of sp³-hybridized carbons (Fsp3) is 0.194. The van der Waals surface area contributed by atoms with Crippen LogP contribution < -0.4 is 24.4 Å². The molecule has 0 fully saturated rings. The summed E-state index contributed by atoms with van der Waals surface area (Å²) in [5.74, 6) is -0.0365. The number of carbonyl (C=O) groups is 1. The highest BCUT2D eigenvalue weighted by atomic mass is 79.9. The smallest absolute Gasteiger partial charge is 0.338 e. The van der Waals surface area contributed by atoms with Crippen molar-refractivity contribution in [2.75, 3.05) is 13.7 Å². The van der Waals surface area contributed by atoms with Gasteiger partial charge in [0, 0.05) is 5.02 Å². The van der Waals surface area contributed by atoms with E-state index in [1.165, 1.54) is 35.1 Å². The molecule has 0 bridgehead atoms. The molecule has 11 heteroatoms. The molecule has 0 amide bonds. The lowest BCUT2D eigenvalue weighted by Gasteiger charge is -2.24. The molecule has 0 spiro atoms. The van der Waals surface area contributed by atoms with Crippen LogP contribution in [-0.2, 0) is 16.1 Å². The number of benzene rings is 3. The van der Waals surface area contributed by atoms with E-state index < -0.39 is 17.8 Å². The summed E-state index contributed by atoms with van der Waals surface area (Å²) in [6, 6.07) is 15.8. The molecule has 0 unspecified atom stereocenters. The highest BCUT2D eigenvalue weighted by Gasteiger charge is 2.33. The number of esters is 1. The zero-order valence-corrected chi connectivity index (χ0v) is 26.0. The maximum atomic E-state index is 13.8. The Morgan fingerprint density at radius 1 is 1.19 bits per heavy atom. The van der Waals surface area contributed by atoms with Crippen LogP contribution in [-0.4, -0.2) is 24.3 Å². The van der Waals surface area contributed by atoms with E-state index in [1.54, 1.807) is 44.2 Å². The van der Waals surface area contributed by atoms with Crippen molar-refractivity contribution in [1.29, 1.82) is 0 Å². The van der Waals surface area contributed by atoms with E-state index in [1.807, 2.05) is 24.3 Å². The number of thiazole rings is 1.